The van der Waals surface area contributed by atoms with Gasteiger partial charge in [-0.3, -0.25) is 4.79 Å². The van der Waals surface area contributed by atoms with Crippen LogP contribution in [-0.2, 0) is 4.79 Å². The van der Waals surface area contributed by atoms with Crippen LogP contribution in [-0.4, -0.2) is 35.1 Å². The molecule has 7 heteroatoms. The van der Waals surface area contributed by atoms with E-state index in [0.29, 0.717) is 16.6 Å². The average molecular weight is 319 g/mol. The van der Waals surface area contributed by atoms with Crippen LogP contribution in [0.25, 0.3) is 0 Å². The normalized spacial score (nSPS) is 11.8. The first kappa shape index (κ1) is 16.6. The second kappa shape index (κ2) is 7.36. The minimum Gasteiger partial charge on any atom is -0.480 e. The molecule has 0 aromatic heterocycles. The molecule has 0 aliphatic heterocycles. The molecule has 2 N–H and O–H groups in total. The smallest absolute Gasteiger partial charge is 0.323 e. The Morgan fingerprint density at radius 3 is 2.55 bits per heavy atom. The fraction of sp³-hybridized carbons (Fsp3) is 0.385. The lowest BCUT2D eigenvalue weighted by Crippen LogP contribution is -2.43. The van der Waals surface area contributed by atoms with Gasteiger partial charge in [-0.25, -0.2) is 4.79 Å². The Balaban J connectivity index is 2.76. The zero-order valence-electron chi connectivity index (χ0n) is 11.2. The summed E-state index contributed by atoms with van der Waals surface area (Å²) in [4.78, 5) is 23.8. The number of likely N-dealkylation sites (N-methyl/N-ethyl adjacent to an activating group) is 1. The van der Waals surface area contributed by atoms with Gasteiger partial charge in [-0.15, -0.1) is 0 Å². The molecule has 0 bridgehead atoms. The van der Waals surface area contributed by atoms with Crippen LogP contribution in [0.3, 0.4) is 0 Å². The lowest BCUT2D eigenvalue weighted by molar-refractivity contribution is -0.137. The molecular weight excluding hydrogens is 303 g/mol. The predicted molar refractivity (Wildman–Crippen MR) is 78.3 cm³/mol. The number of benzene rings is 1. The number of carbonyl (C=O) groups is 2. The summed E-state index contributed by atoms with van der Waals surface area (Å²) in [6.07, 6.45) is 0. The van der Waals surface area contributed by atoms with Gasteiger partial charge in [-0.2, -0.15) is 0 Å². The molecule has 0 aliphatic carbocycles. The van der Waals surface area contributed by atoms with E-state index in [0.717, 1.165) is 5.56 Å². The van der Waals surface area contributed by atoms with Gasteiger partial charge in [0.05, 0.1) is 6.04 Å². The quantitative estimate of drug-likeness (QED) is 0.876. The van der Waals surface area contributed by atoms with E-state index in [2.05, 4.69) is 5.32 Å². The van der Waals surface area contributed by atoms with Crippen molar-refractivity contribution < 1.29 is 14.7 Å². The van der Waals surface area contributed by atoms with Gasteiger partial charge in [0, 0.05) is 16.6 Å². The molecule has 2 amide bonds. The van der Waals surface area contributed by atoms with Gasteiger partial charge >= 0.3 is 12.0 Å². The first-order valence-corrected chi connectivity index (χ1v) is 6.83. The number of carboxylic acid groups (broad SMARTS) is 1. The van der Waals surface area contributed by atoms with Gasteiger partial charge in [-0.05, 0) is 31.5 Å². The van der Waals surface area contributed by atoms with Gasteiger partial charge in [0.1, 0.15) is 6.54 Å². The van der Waals surface area contributed by atoms with Crippen molar-refractivity contribution in [3.63, 3.8) is 0 Å². The lowest BCUT2D eigenvalue weighted by atomic mass is 10.1. The molecule has 1 aromatic carbocycles. The van der Waals surface area contributed by atoms with Crippen molar-refractivity contribution in [1.82, 2.24) is 10.2 Å². The molecule has 1 atom stereocenters. The zero-order valence-corrected chi connectivity index (χ0v) is 12.7. The molecular formula is C13H16Cl2N2O3. The minimum absolute atomic E-state index is 0.305. The van der Waals surface area contributed by atoms with Crippen LogP contribution in [0.4, 0.5) is 4.79 Å². The van der Waals surface area contributed by atoms with Crippen LogP contribution in [0.5, 0.6) is 0 Å². The van der Waals surface area contributed by atoms with Gasteiger partial charge in [0.2, 0.25) is 0 Å². The molecule has 1 aromatic rings. The third-order valence-corrected chi connectivity index (χ3v) is 3.33. The van der Waals surface area contributed by atoms with Gasteiger partial charge in [0.15, 0.2) is 0 Å². The maximum atomic E-state index is 12.0. The number of hydrogen-bond donors (Lipinski definition) is 2. The first-order valence-electron chi connectivity index (χ1n) is 6.07. The van der Waals surface area contributed by atoms with E-state index < -0.39 is 12.0 Å². The fourth-order valence-corrected chi connectivity index (χ4v) is 2.27. The van der Waals surface area contributed by atoms with Crippen molar-refractivity contribution in [2.24, 2.45) is 0 Å². The monoisotopic (exact) mass is 318 g/mol. The van der Waals surface area contributed by atoms with E-state index in [1.165, 1.54) is 4.90 Å². The number of carboxylic acids is 1. The van der Waals surface area contributed by atoms with Crippen molar-refractivity contribution in [3.05, 3.63) is 33.8 Å². The van der Waals surface area contributed by atoms with Crippen molar-refractivity contribution in [2.75, 3.05) is 13.1 Å². The number of nitrogens with one attached hydrogen (secondary N) is 1. The highest BCUT2D eigenvalue weighted by Gasteiger charge is 2.18. The lowest BCUT2D eigenvalue weighted by Gasteiger charge is -2.23. The summed E-state index contributed by atoms with van der Waals surface area (Å²) in [5.41, 5.74) is 0.718. The van der Waals surface area contributed by atoms with Crippen LogP contribution in [0.2, 0.25) is 10.0 Å². The predicted octanol–water partition coefficient (Wildman–Crippen LogP) is 3.17. The van der Waals surface area contributed by atoms with Gasteiger partial charge in [0.25, 0.3) is 0 Å². The Bertz CT molecular complexity index is 508. The number of carbonyl (C=O) groups excluding carboxylic acids is 1. The van der Waals surface area contributed by atoms with Crippen LogP contribution >= 0.6 is 23.2 Å². The van der Waals surface area contributed by atoms with Crippen molar-refractivity contribution in [3.8, 4) is 0 Å². The fourth-order valence-electron chi connectivity index (χ4n) is 1.70. The molecule has 0 heterocycles. The minimum atomic E-state index is -1.06. The number of rotatable bonds is 5. The molecule has 1 rings (SSSR count). The molecule has 0 saturated heterocycles. The highest BCUT2D eigenvalue weighted by Crippen LogP contribution is 2.26. The van der Waals surface area contributed by atoms with E-state index in [-0.39, 0.29) is 12.6 Å². The number of nitrogens with zero attached hydrogens (tertiary/aromatic N) is 1. The number of urea groups is 1. The van der Waals surface area contributed by atoms with Crippen molar-refractivity contribution >= 4 is 35.2 Å². The summed E-state index contributed by atoms with van der Waals surface area (Å²) in [5, 5.41) is 12.4. The summed E-state index contributed by atoms with van der Waals surface area (Å²) in [5.74, 6) is -1.06. The zero-order chi connectivity index (χ0) is 15.3. The Morgan fingerprint density at radius 2 is 2.05 bits per heavy atom. The second-order valence-corrected chi connectivity index (χ2v) is 5.09. The van der Waals surface area contributed by atoms with Crippen LogP contribution in [0.15, 0.2) is 18.2 Å². The van der Waals surface area contributed by atoms with E-state index in [4.69, 9.17) is 28.3 Å². The molecule has 0 saturated carbocycles. The molecule has 0 aliphatic rings. The first-order chi connectivity index (χ1) is 9.35. The third kappa shape index (κ3) is 4.58. The van der Waals surface area contributed by atoms with Crippen LogP contribution < -0.4 is 5.32 Å². The number of halogens is 2. The van der Waals surface area contributed by atoms with E-state index >= 15 is 0 Å². The second-order valence-electron chi connectivity index (χ2n) is 4.24. The third-order valence-electron chi connectivity index (χ3n) is 2.76. The molecule has 0 fully saturated rings. The largest absolute Gasteiger partial charge is 0.480 e. The van der Waals surface area contributed by atoms with E-state index in [9.17, 15) is 9.59 Å². The van der Waals surface area contributed by atoms with Crippen LogP contribution in [0.1, 0.15) is 25.5 Å². The number of hydrogen-bond acceptors (Lipinski definition) is 2. The summed E-state index contributed by atoms with van der Waals surface area (Å²) in [6.45, 7) is 3.44. The highest BCUT2D eigenvalue weighted by molar-refractivity contribution is 6.35. The topological polar surface area (TPSA) is 69.6 Å². The Labute approximate surface area is 127 Å². The summed E-state index contributed by atoms with van der Waals surface area (Å²) in [6, 6.07) is 4.20. The standard InChI is InChI=1S/C13H16Cl2N2O3/c1-3-17(7-12(18)19)13(20)16-8(2)10-5-4-9(14)6-11(10)15/h4-6,8H,3,7H2,1-2H3,(H,16,20)(H,18,19). The molecule has 5 nitrogen and oxygen atoms in total. The summed E-state index contributed by atoms with van der Waals surface area (Å²) < 4.78 is 0. The van der Waals surface area contributed by atoms with Gasteiger partial charge in [-0.1, -0.05) is 29.3 Å². The molecule has 1 unspecified atom stereocenters. The Morgan fingerprint density at radius 1 is 1.40 bits per heavy atom. The van der Waals surface area contributed by atoms with Gasteiger partial charge < -0.3 is 15.3 Å². The SMILES string of the molecule is CCN(CC(=O)O)C(=O)NC(C)c1ccc(Cl)cc1Cl. The van der Waals surface area contributed by atoms with E-state index in [1.54, 1.807) is 32.0 Å². The molecule has 110 valence electrons. The van der Waals surface area contributed by atoms with E-state index in [1.807, 2.05) is 0 Å². The summed E-state index contributed by atoms with van der Waals surface area (Å²) in [7, 11) is 0. The number of aliphatic carboxylic acids is 1. The van der Waals surface area contributed by atoms with Crippen LogP contribution in [0, 0.1) is 0 Å². The Kier molecular flexibility index (Phi) is 6.10. The molecule has 20 heavy (non-hydrogen) atoms. The number of amides is 2. The molecule has 0 radical (unpaired) electrons. The maximum absolute atomic E-state index is 12.0. The molecule has 0 spiro atoms. The average Bonchev–Trinajstić information content (AvgIpc) is 2.35. The maximum Gasteiger partial charge on any atom is 0.323 e. The van der Waals surface area contributed by atoms with Crippen molar-refractivity contribution in [1.29, 1.82) is 0 Å². The summed E-state index contributed by atoms with van der Waals surface area (Å²) >= 11 is 11.9. The van der Waals surface area contributed by atoms with Crippen molar-refractivity contribution in [2.45, 2.75) is 19.9 Å². The Hall–Kier alpha value is -1.46. The highest BCUT2D eigenvalue weighted by atomic mass is 35.5.